The van der Waals surface area contributed by atoms with Gasteiger partial charge >= 0.3 is 0 Å². The first-order valence-electron chi connectivity index (χ1n) is 6.38. The molecule has 2 heterocycles. The number of hydrogen-bond acceptors (Lipinski definition) is 3. The lowest BCUT2D eigenvalue weighted by atomic mass is 10.1. The van der Waals surface area contributed by atoms with E-state index in [-0.39, 0.29) is 22.5 Å². The number of rotatable bonds is 3. The van der Waals surface area contributed by atoms with Gasteiger partial charge in [0.15, 0.2) is 0 Å². The number of imidazole rings is 1. The van der Waals surface area contributed by atoms with Gasteiger partial charge in [0.1, 0.15) is 17.3 Å². The van der Waals surface area contributed by atoms with Crippen LogP contribution in [0.25, 0.3) is 16.9 Å². The third kappa shape index (κ3) is 2.21. The topological polar surface area (TPSA) is 80.6 Å². The van der Waals surface area contributed by atoms with Gasteiger partial charge in [-0.15, -0.1) is 0 Å². The first-order valence-corrected chi connectivity index (χ1v) is 6.38. The summed E-state index contributed by atoms with van der Waals surface area (Å²) in [6.07, 6.45) is 1.42. The van der Waals surface area contributed by atoms with Gasteiger partial charge < -0.3 is 15.2 Å². The molecule has 0 atom stereocenters. The first kappa shape index (κ1) is 14.2. The predicted molar refractivity (Wildman–Crippen MR) is 75.0 cm³/mol. The molecule has 112 valence electrons. The largest absolute Gasteiger partial charge is 0.390 e. The third-order valence-electron chi connectivity index (χ3n) is 3.34. The second-order valence-electron chi connectivity index (χ2n) is 4.70. The highest BCUT2D eigenvalue weighted by Crippen LogP contribution is 2.27. The molecule has 0 bridgehead atoms. The Morgan fingerprint density at radius 2 is 2.05 bits per heavy atom. The standard InChI is InChI=1S/C15H11F2N3O2/c16-9-2-3-10(11(17)5-9)14-12(7-21)20-6-8(15(18)22)1-4-13(20)19-14/h1-6,21H,7H2,(H2,18,22). The molecule has 1 amide bonds. The van der Waals surface area contributed by atoms with E-state index in [0.29, 0.717) is 5.65 Å². The van der Waals surface area contributed by atoms with Crippen LogP contribution in [0.5, 0.6) is 0 Å². The summed E-state index contributed by atoms with van der Waals surface area (Å²) in [7, 11) is 0. The van der Waals surface area contributed by atoms with Crippen LogP contribution in [0.2, 0.25) is 0 Å². The minimum atomic E-state index is -0.784. The van der Waals surface area contributed by atoms with Crippen molar-refractivity contribution in [3.8, 4) is 11.3 Å². The van der Waals surface area contributed by atoms with Crippen molar-refractivity contribution in [2.45, 2.75) is 6.61 Å². The summed E-state index contributed by atoms with van der Waals surface area (Å²) in [5, 5.41) is 9.57. The summed E-state index contributed by atoms with van der Waals surface area (Å²) >= 11 is 0. The molecule has 3 aromatic rings. The van der Waals surface area contributed by atoms with Crippen LogP contribution in [0.4, 0.5) is 8.78 Å². The number of amides is 1. The van der Waals surface area contributed by atoms with Crippen molar-refractivity contribution < 1.29 is 18.7 Å². The highest BCUT2D eigenvalue weighted by atomic mass is 19.1. The van der Waals surface area contributed by atoms with Crippen LogP contribution in [-0.4, -0.2) is 20.4 Å². The number of nitrogens with zero attached hydrogens (tertiary/aromatic N) is 2. The van der Waals surface area contributed by atoms with E-state index >= 15 is 0 Å². The molecule has 0 aliphatic heterocycles. The minimum absolute atomic E-state index is 0.0646. The third-order valence-corrected chi connectivity index (χ3v) is 3.34. The number of hydrogen-bond donors (Lipinski definition) is 2. The maximum Gasteiger partial charge on any atom is 0.250 e. The lowest BCUT2D eigenvalue weighted by molar-refractivity contribution is 0.1000. The van der Waals surface area contributed by atoms with Gasteiger partial charge in [-0.25, -0.2) is 13.8 Å². The van der Waals surface area contributed by atoms with Crippen molar-refractivity contribution in [3.63, 3.8) is 0 Å². The van der Waals surface area contributed by atoms with Crippen LogP contribution in [0, 0.1) is 11.6 Å². The van der Waals surface area contributed by atoms with Gasteiger partial charge in [0.05, 0.1) is 23.6 Å². The Morgan fingerprint density at radius 3 is 2.68 bits per heavy atom. The maximum atomic E-state index is 13.9. The predicted octanol–water partition coefficient (Wildman–Crippen LogP) is 1.87. The molecule has 0 saturated heterocycles. The lowest BCUT2D eigenvalue weighted by Gasteiger charge is -2.04. The molecule has 2 aromatic heterocycles. The van der Waals surface area contributed by atoms with Crippen LogP contribution in [0.15, 0.2) is 36.5 Å². The molecule has 1 aromatic carbocycles. The van der Waals surface area contributed by atoms with Crippen molar-refractivity contribution in [1.82, 2.24) is 9.38 Å². The summed E-state index contributed by atoms with van der Waals surface area (Å²) in [6, 6.07) is 6.12. The zero-order chi connectivity index (χ0) is 15.9. The molecular formula is C15H11F2N3O2. The van der Waals surface area contributed by atoms with Crippen molar-refractivity contribution in [1.29, 1.82) is 0 Å². The normalized spacial score (nSPS) is 11.0. The van der Waals surface area contributed by atoms with Crippen molar-refractivity contribution >= 4 is 11.6 Å². The number of benzene rings is 1. The van der Waals surface area contributed by atoms with E-state index in [2.05, 4.69) is 4.98 Å². The first-order chi connectivity index (χ1) is 10.5. The van der Waals surface area contributed by atoms with E-state index in [0.717, 1.165) is 12.1 Å². The second kappa shape index (κ2) is 5.19. The fraction of sp³-hybridized carbons (Fsp3) is 0.0667. The molecule has 0 unspecified atom stereocenters. The van der Waals surface area contributed by atoms with E-state index < -0.39 is 24.1 Å². The van der Waals surface area contributed by atoms with Crippen molar-refractivity contribution in [2.24, 2.45) is 5.73 Å². The molecule has 3 N–H and O–H groups in total. The number of nitrogens with two attached hydrogens (primary N) is 1. The molecule has 0 aliphatic carbocycles. The summed E-state index contributed by atoms with van der Waals surface area (Å²) < 4.78 is 28.4. The molecule has 0 radical (unpaired) electrons. The van der Waals surface area contributed by atoms with Gasteiger partial charge in [-0.3, -0.25) is 4.79 Å². The lowest BCUT2D eigenvalue weighted by Crippen LogP contribution is -2.12. The zero-order valence-electron chi connectivity index (χ0n) is 11.3. The van der Waals surface area contributed by atoms with E-state index in [4.69, 9.17) is 5.73 Å². The van der Waals surface area contributed by atoms with Crippen molar-refractivity contribution in [2.75, 3.05) is 0 Å². The van der Waals surface area contributed by atoms with Gasteiger partial charge in [0.2, 0.25) is 5.91 Å². The fourth-order valence-electron chi connectivity index (χ4n) is 2.29. The Balaban J connectivity index is 2.28. The van der Waals surface area contributed by atoms with E-state index in [9.17, 15) is 18.7 Å². The highest BCUT2D eigenvalue weighted by molar-refractivity contribution is 5.92. The monoisotopic (exact) mass is 303 g/mol. The number of carbonyl (C=O) groups is 1. The number of fused-ring (bicyclic) bond motifs is 1. The van der Waals surface area contributed by atoms with E-state index in [1.807, 2.05) is 0 Å². The quantitative estimate of drug-likeness (QED) is 0.775. The summed E-state index contributed by atoms with van der Waals surface area (Å²) in [4.78, 5) is 15.5. The number of aromatic nitrogens is 2. The summed E-state index contributed by atoms with van der Waals surface area (Å²) in [6.45, 7) is -0.435. The summed E-state index contributed by atoms with van der Waals surface area (Å²) in [5.41, 5.74) is 6.38. The van der Waals surface area contributed by atoms with E-state index in [1.165, 1.54) is 28.8 Å². The van der Waals surface area contributed by atoms with Gasteiger partial charge in [0.25, 0.3) is 0 Å². The molecule has 22 heavy (non-hydrogen) atoms. The van der Waals surface area contributed by atoms with Gasteiger partial charge in [0, 0.05) is 17.8 Å². The smallest absolute Gasteiger partial charge is 0.250 e. The summed E-state index contributed by atoms with van der Waals surface area (Å²) in [5.74, 6) is -2.12. The Kier molecular flexibility index (Phi) is 3.34. The van der Waals surface area contributed by atoms with Crippen LogP contribution < -0.4 is 5.73 Å². The maximum absolute atomic E-state index is 13.9. The molecule has 0 fully saturated rings. The molecule has 0 saturated carbocycles. The molecule has 3 rings (SSSR count). The number of carbonyl (C=O) groups excluding carboxylic acids is 1. The average molecular weight is 303 g/mol. The fourth-order valence-corrected chi connectivity index (χ4v) is 2.29. The van der Waals surface area contributed by atoms with Gasteiger partial charge in [-0.2, -0.15) is 0 Å². The average Bonchev–Trinajstić information content (AvgIpc) is 2.84. The Hall–Kier alpha value is -2.80. The minimum Gasteiger partial charge on any atom is -0.390 e. The number of aliphatic hydroxyl groups is 1. The highest BCUT2D eigenvalue weighted by Gasteiger charge is 2.17. The number of aliphatic hydroxyl groups excluding tert-OH is 1. The Labute approximate surface area is 123 Å². The number of primary amides is 1. The zero-order valence-corrected chi connectivity index (χ0v) is 11.3. The molecule has 7 heteroatoms. The molecule has 0 aliphatic rings. The van der Waals surface area contributed by atoms with Crippen LogP contribution >= 0.6 is 0 Å². The van der Waals surface area contributed by atoms with Gasteiger partial charge in [-0.05, 0) is 24.3 Å². The number of halogens is 2. The van der Waals surface area contributed by atoms with Crippen molar-refractivity contribution in [3.05, 3.63) is 59.4 Å². The van der Waals surface area contributed by atoms with Crippen LogP contribution in [-0.2, 0) is 6.61 Å². The van der Waals surface area contributed by atoms with Gasteiger partial charge in [-0.1, -0.05) is 0 Å². The SMILES string of the molecule is NC(=O)c1ccc2nc(-c3ccc(F)cc3F)c(CO)n2c1. The van der Waals surface area contributed by atoms with Crippen LogP contribution in [0.1, 0.15) is 16.1 Å². The molecule has 5 nitrogen and oxygen atoms in total. The van der Waals surface area contributed by atoms with Crippen LogP contribution in [0.3, 0.4) is 0 Å². The molecular weight excluding hydrogens is 292 g/mol. The Morgan fingerprint density at radius 1 is 1.27 bits per heavy atom. The number of pyridine rings is 1. The van der Waals surface area contributed by atoms with E-state index in [1.54, 1.807) is 0 Å². The second-order valence-corrected chi connectivity index (χ2v) is 4.70. The molecule has 0 spiro atoms. The Bertz CT molecular complexity index is 890.